The molecule has 2 aromatic carbocycles. The lowest BCUT2D eigenvalue weighted by molar-refractivity contribution is 0.279. The summed E-state index contributed by atoms with van der Waals surface area (Å²) in [6.07, 6.45) is 0. The fourth-order valence-electron chi connectivity index (χ4n) is 1.73. The van der Waals surface area contributed by atoms with Crippen LogP contribution in [0.5, 0.6) is 11.5 Å². The van der Waals surface area contributed by atoms with Gasteiger partial charge in [0.2, 0.25) is 0 Å². The molecule has 0 bridgehead atoms. The van der Waals surface area contributed by atoms with Crippen LogP contribution in [0, 0.1) is 5.82 Å². The Balaban J connectivity index is 2.19. The second-order valence-electron chi connectivity index (χ2n) is 4.14. The van der Waals surface area contributed by atoms with Crippen molar-refractivity contribution in [2.45, 2.75) is 11.9 Å². The van der Waals surface area contributed by atoms with E-state index in [1.54, 1.807) is 13.2 Å². The molecule has 0 saturated heterocycles. The topological polar surface area (TPSA) is 18.5 Å². The number of alkyl halides is 1. The van der Waals surface area contributed by atoms with Gasteiger partial charge in [0.1, 0.15) is 12.4 Å². The van der Waals surface area contributed by atoms with Crippen molar-refractivity contribution in [3.63, 3.8) is 0 Å². The van der Waals surface area contributed by atoms with Gasteiger partial charge in [-0.05, 0) is 35.9 Å². The molecule has 0 aliphatic carbocycles. The number of rotatable bonds is 5. The summed E-state index contributed by atoms with van der Waals surface area (Å²) >= 11 is 9.23. The molecule has 0 radical (unpaired) electrons. The van der Waals surface area contributed by atoms with Crippen molar-refractivity contribution in [2.24, 2.45) is 0 Å². The van der Waals surface area contributed by atoms with Crippen LogP contribution in [0.3, 0.4) is 0 Å². The molecule has 0 unspecified atom stereocenters. The van der Waals surface area contributed by atoms with E-state index in [4.69, 9.17) is 21.1 Å². The third kappa shape index (κ3) is 3.64. The molecule has 0 saturated carbocycles. The van der Waals surface area contributed by atoms with Crippen LogP contribution in [0.2, 0.25) is 5.02 Å². The average Bonchev–Trinajstić information content (AvgIpc) is 2.47. The first kappa shape index (κ1) is 15.1. The van der Waals surface area contributed by atoms with Gasteiger partial charge in [0.05, 0.1) is 7.11 Å². The van der Waals surface area contributed by atoms with E-state index in [-0.39, 0.29) is 12.4 Å². The highest BCUT2D eigenvalue weighted by atomic mass is 79.9. The zero-order chi connectivity index (χ0) is 14.5. The Morgan fingerprint density at radius 3 is 2.65 bits per heavy atom. The predicted molar refractivity (Wildman–Crippen MR) is 81.4 cm³/mol. The van der Waals surface area contributed by atoms with E-state index < -0.39 is 0 Å². The quantitative estimate of drug-likeness (QED) is 0.702. The highest BCUT2D eigenvalue weighted by Gasteiger charge is 2.08. The van der Waals surface area contributed by atoms with Crippen LogP contribution in [-0.4, -0.2) is 7.11 Å². The molecule has 0 aliphatic rings. The zero-order valence-electron chi connectivity index (χ0n) is 10.8. The fourth-order valence-corrected chi connectivity index (χ4v) is 2.27. The molecule has 0 aromatic heterocycles. The lowest BCUT2D eigenvalue weighted by Gasteiger charge is -2.12. The number of ether oxygens (including phenoxy) is 2. The van der Waals surface area contributed by atoms with E-state index in [2.05, 4.69) is 15.9 Å². The van der Waals surface area contributed by atoms with Gasteiger partial charge in [-0.1, -0.05) is 33.6 Å². The highest BCUT2D eigenvalue weighted by molar-refractivity contribution is 9.08. The number of methoxy groups -OCH3 is 1. The van der Waals surface area contributed by atoms with E-state index >= 15 is 0 Å². The largest absolute Gasteiger partial charge is 0.493 e. The van der Waals surface area contributed by atoms with Crippen LogP contribution in [0.1, 0.15) is 11.1 Å². The summed E-state index contributed by atoms with van der Waals surface area (Å²) in [5.74, 6) is 0.839. The van der Waals surface area contributed by atoms with Gasteiger partial charge in [-0.3, -0.25) is 0 Å². The summed E-state index contributed by atoms with van der Waals surface area (Å²) in [5, 5.41) is 1.19. The van der Waals surface area contributed by atoms with E-state index in [1.165, 1.54) is 12.1 Å². The molecule has 2 nitrogen and oxygen atoms in total. The Labute approximate surface area is 130 Å². The summed E-state index contributed by atoms with van der Waals surface area (Å²) in [6, 6.07) is 9.99. The minimum absolute atomic E-state index is 0.0918. The van der Waals surface area contributed by atoms with Crippen molar-refractivity contribution in [3.05, 3.63) is 58.4 Å². The summed E-state index contributed by atoms with van der Waals surface area (Å²) < 4.78 is 24.5. The Hall–Kier alpha value is -1.26. The fraction of sp³-hybridized carbons (Fsp3) is 0.200. The molecule has 2 rings (SSSR count). The van der Waals surface area contributed by atoms with Gasteiger partial charge in [-0.15, -0.1) is 0 Å². The summed E-state index contributed by atoms with van der Waals surface area (Å²) in [4.78, 5) is 0. The molecule has 0 amide bonds. The lowest BCUT2D eigenvalue weighted by Crippen LogP contribution is -2.00. The van der Waals surface area contributed by atoms with Crippen LogP contribution < -0.4 is 9.47 Å². The number of benzene rings is 2. The highest BCUT2D eigenvalue weighted by Crippen LogP contribution is 2.30. The van der Waals surface area contributed by atoms with Crippen LogP contribution >= 0.6 is 27.5 Å². The minimum Gasteiger partial charge on any atom is -0.493 e. The van der Waals surface area contributed by atoms with Crippen molar-refractivity contribution >= 4 is 27.5 Å². The monoisotopic (exact) mass is 358 g/mol. The molecule has 5 heteroatoms. The molecule has 106 valence electrons. The van der Waals surface area contributed by atoms with E-state index in [0.29, 0.717) is 27.4 Å². The number of hydrogen-bond donors (Lipinski definition) is 0. The first-order chi connectivity index (χ1) is 9.63. The maximum atomic E-state index is 13.6. The van der Waals surface area contributed by atoms with Crippen LogP contribution in [0.15, 0.2) is 36.4 Å². The Bertz CT molecular complexity index is 604. The molecular formula is C15H13BrClFO2. The van der Waals surface area contributed by atoms with E-state index in [1.807, 2.05) is 18.2 Å². The van der Waals surface area contributed by atoms with E-state index in [9.17, 15) is 4.39 Å². The molecule has 0 N–H and O–H groups in total. The van der Waals surface area contributed by atoms with E-state index in [0.717, 1.165) is 5.56 Å². The molecule has 0 heterocycles. The second kappa shape index (κ2) is 6.95. The first-order valence-electron chi connectivity index (χ1n) is 5.93. The summed E-state index contributed by atoms with van der Waals surface area (Å²) in [7, 11) is 1.57. The van der Waals surface area contributed by atoms with Gasteiger partial charge in [0.15, 0.2) is 11.5 Å². The average molecular weight is 360 g/mol. The van der Waals surface area contributed by atoms with Gasteiger partial charge in [-0.2, -0.15) is 0 Å². The Morgan fingerprint density at radius 2 is 1.95 bits per heavy atom. The lowest BCUT2D eigenvalue weighted by atomic mass is 10.2. The summed E-state index contributed by atoms with van der Waals surface area (Å²) in [6.45, 7) is 0.0918. The second-order valence-corrected chi connectivity index (χ2v) is 5.14. The van der Waals surface area contributed by atoms with Gasteiger partial charge in [-0.25, -0.2) is 4.39 Å². The molecular weight excluding hydrogens is 347 g/mol. The third-order valence-electron chi connectivity index (χ3n) is 2.77. The maximum absolute atomic E-state index is 13.6. The molecule has 20 heavy (non-hydrogen) atoms. The van der Waals surface area contributed by atoms with Gasteiger partial charge < -0.3 is 9.47 Å². The maximum Gasteiger partial charge on any atom is 0.161 e. The Morgan fingerprint density at radius 1 is 1.15 bits per heavy atom. The molecule has 0 spiro atoms. The SMILES string of the molecule is COc1ccc(CBr)cc1OCc1cc(Cl)ccc1F. The zero-order valence-corrected chi connectivity index (χ0v) is 13.2. The summed E-state index contributed by atoms with van der Waals surface area (Å²) in [5.41, 5.74) is 1.45. The van der Waals surface area contributed by atoms with Crippen LogP contribution in [-0.2, 0) is 11.9 Å². The smallest absolute Gasteiger partial charge is 0.161 e. The van der Waals surface area contributed by atoms with Crippen molar-refractivity contribution in [3.8, 4) is 11.5 Å². The van der Waals surface area contributed by atoms with Crippen molar-refractivity contribution in [1.82, 2.24) is 0 Å². The van der Waals surface area contributed by atoms with Crippen molar-refractivity contribution in [2.75, 3.05) is 7.11 Å². The van der Waals surface area contributed by atoms with Crippen molar-refractivity contribution in [1.29, 1.82) is 0 Å². The molecule has 0 aliphatic heterocycles. The predicted octanol–water partition coefficient (Wildman–Crippen LogP) is 4.96. The van der Waals surface area contributed by atoms with Crippen molar-refractivity contribution < 1.29 is 13.9 Å². The van der Waals surface area contributed by atoms with Gasteiger partial charge in [0, 0.05) is 15.9 Å². The van der Waals surface area contributed by atoms with Gasteiger partial charge in [0.25, 0.3) is 0 Å². The standard InChI is InChI=1S/C15H13BrClFO2/c1-19-14-5-2-10(8-16)6-15(14)20-9-11-7-12(17)3-4-13(11)18/h2-7H,8-9H2,1H3. The van der Waals surface area contributed by atoms with Crippen LogP contribution in [0.4, 0.5) is 4.39 Å². The molecule has 0 atom stereocenters. The van der Waals surface area contributed by atoms with Gasteiger partial charge >= 0.3 is 0 Å². The minimum atomic E-state index is -0.343. The third-order valence-corrected chi connectivity index (χ3v) is 3.66. The molecule has 2 aromatic rings. The number of hydrogen-bond acceptors (Lipinski definition) is 2. The molecule has 0 fully saturated rings. The first-order valence-corrected chi connectivity index (χ1v) is 7.43. The Kier molecular flexibility index (Phi) is 5.26. The number of halogens is 3. The normalized spacial score (nSPS) is 10.4. The van der Waals surface area contributed by atoms with Crippen LogP contribution in [0.25, 0.3) is 0 Å².